The van der Waals surface area contributed by atoms with Gasteiger partial charge in [0.15, 0.2) is 0 Å². The molecule has 16 heavy (non-hydrogen) atoms. The van der Waals surface area contributed by atoms with Crippen molar-refractivity contribution in [2.45, 2.75) is 51.4 Å². The fourth-order valence-corrected chi connectivity index (χ4v) is 1.51. The van der Waals surface area contributed by atoms with Crippen LogP contribution < -0.4 is 5.73 Å². The van der Waals surface area contributed by atoms with Crippen LogP contribution in [0.3, 0.4) is 0 Å². The summed E-state index contributed by atoms with van der Waals surface area (Å²) in [5, 5.41) is 0. The molecule has 4 heteroatoms. The molecule has 0 saturated carbocycles. The summed E-state index contributed by atoms with van der Waals surface area (Å²) in [6.07, 6.45) is 7.43. The number of unbranched alkanes of at least 4 members (excludes halogenated alkanes) is 5. The van der Waals surface area contributed by atoms with Gasteiger partial charge < -0.3 is 10.6 Å². The summed E-state index contributed by atoms with van der Waals surface area (Å²) in [7, 11) is 3.57. The highest BCUT2D eigenvalue weighted by molar-refractivity contribution is 5.75. The van der Waals surface area contributed by atoms with Crippen LogP contribution in [0.5, 0.6) is 0 Å². The van der Waals surface area contributed by atoms with Gasteiger partial charge in [0.05, 0.1) is 0 Å². The Morgan fingerprint density at radius 1 is 0.875 bits per heavy atom. The minimum atomic E-state index is -0.212. The maximum absolute atomic E-state index is 11.2. The molecule has 0 spiro atoms. The first-order valence-corrected chi connectivity index (χ1v) is 6.02. The molecule has 0 aromatic carbocycles. The zero-order valence-electron chi connectivity index (χ0n) is 10.5. The molecule has 2 amide bonds. The molecule has 2 N–H and O–H groups in total. The number of amides is 2. The Balaban J connectivity index is 3.16. The fourth-order valence-electron chi connectivity index (χ4n) is 1.51. The van der Waals surface area contributed by atoms with Gasteiger partial charge in [-0.25, -0.2) is 0 Å². The van der Waals surface area contributed by atoms with Crippen LogP contribution in [0.25, 0.3) is 0 Å². The van der Waals surface area contributed by atoms with Crippen molar-refractivity contribution in [3.8, 4) is 0 Å². The second-order valence-electron chi connectivity index (χ2n) is 4.38. The largest absolute Gasteiger partial charge is 0.370 e. The zero-order chi connectivity index (χ0) is 12.4. The second kappa shape index (κ2) is 9.19. The van der Waals surface area contributed by atoms with Crippen LogP contribution in [0.1, 0.15) is 51.4 Å². The van der Waals surface area contributed by atoms with Crippen molar-refractivity contribution in [2.75, 3.05) is 14.1 Å². The summed E-state index contributed by atoms with van der Waals surface area (Å²) in [6, 6.07) is 0. The first-order valence-electron chi connectivity index (χ1n) is 6.02. The highest BCUT2D eigenvalue weighted by atomic mass is 16.2. The lowest BCUT2D eigenvalue weighted by Crippen LogP contribution is -2.20. The van der Waals surface area contributed by atoms with Crippen LogP contribution in [0.4, 0.5) is 0 Å². The number of hydrogen-bond acceptors (Lipinski definition) is 2. The maximum atomic E-state index is 11.2. The van der Waals surface area contributed by atoms with Crippen molar-refractivity contribution < 1.29 is 9.59 Å². The van der Waals surface area contributed by atoms with Crippen LogP contribution in [-0.4, -0.2) is 30.8 Å². The van der Waals surface area contributed by atoms with E-state index in [-0.39, 0.29) is 11.8 Å². The molecule has 0 aliphatic heterocycles. The molecule has 0 aliphatic rings. The van der Waals surface area contributed by atoms with Crippen molar-refractivity contribution in [1.29, 1.82) is 0 Å². The Bertz CT molecular complexity index is 215. The number of carbonyl (C=O) groups is 2. The highest BCUT2D eigenvalue weighted by Crippen LogP contribution is 2.08. The van der Waals surface area contributed by atoms with E-state index in [4.69, 9.17) is 5.73 Å². The molecular formula is C12H24N2O2. The van der Waals surface area contributed by atoms with Gasteiger partial charge in [-0.3, -0.25) is 9.59 Å². The van der Waals surface area contributed by atoms with Crippen LogP contribution in [0.15, 0.2) is 0 Å². The molecule has 0 bridgehead atoms. The minimum absolute atomic E-state index is 0.203. The quantitative estimate of drug-likeness (QED) is 0.610. The summed E-state index contributed by atoms with van der Waals surface area (Å²) in [5.41, 5.74) is 5.04. The van der Waals surface area contributed by atoms with Crippen molar-refractivity contribution in [3.63, 3.8) is 0 Å². The summed E-state index contributed by atoms with van der Waals surface area (Å²) < 4.78 is 0. The molecule has 0 saturated heterocycles. The van der Waals surface area contributed by atoms with E-state index in [1.54, 1.807) is 19.0 Å². The first-order chi connectivity index (χ1) is 7.54. The Kier molecular flexibility index (Phi) is 8.58. The molecule has 0 fully saturated rings. The number of carbonyl (C=O) groups excluding carboxylic acids is 2. The van der Waals surface area contributed by atoms with E-state index in [0.29, 0.717) is 12.8 Å². The third-order valence-electron chi connectivity index (χ3n) is 2.56. The second-order valence-corrected chi connectivity index (χ2v) is 4.38. The molecule has 0 rings (SSSR count). The predicted octanol–water partition coefficient (Wildman–Crippen LogP) is 1.68. The lowest BCUT2D eigenvalue weighted by Gasteiger charge is -2.09. The van der Waals surface area contributed by atoms with Gasteiger partial charge in [0.1, 0.15) is 0 Å². The van der Waals surface area contributed by atoms with Crippen molar-refractivity contribution in [3.05, 3.63) is 0 Å². The van der Waals surface area contributed by atoms with Crippen LogP contribution >= 0.6 is 0 Å². The molecule has 0 aliphatic carbocycles. The average Bonchev–Trinajstić information content (AvgIpc) is 2.21. The third-order valence-corrected chi connectivity index (χ3v) is 2.56. The van der Waals surface area contributed by atoms with Gasteiger partial charge in [0.2, 0.25) is 11.8 Å². The van der Waals surface area contributed by atoms with Gasteiger partial charge in [0.25, 0.3) is 0 Å². The molecule has 0 unspecified atom stereocenters. The lowest BCUT2D eigenvalue weighted by atomic mass is 10.1. The number of rotatable bonds is 9. The average molecular weight is 228 g/mol. The van der Waals surface area contributed by atoms with Gasteiger partial charge in [0, 0.05) is 26.9 Å². The zero-order valence-corrected chi connectivity index (χ0v) is 10.5. The Morgan fingerprint density at radius 3 is 1.75 bits per heavy atom. The number of primary amides is 1. The lowest BCUT2D eigenvalue weighted by molar-refractivity contribution is -0.128. The normalized spacial score (nSPS) is 10.1. The van der Waals surface area contributed by atoms with E-state index in [0.717, 1.165) is 38.5 Å². The molecule has 0 heterocycles. The maximum Gasteiger partial charge on any atom is 0.222 e. The van der Waals surface area contributed by atoms with Gasteiger partial charge in [-0.05, 0) is 12.8 Å². The van der Waals surface area contributed by atoms with Crippen molar-refractivity contribution >= 4 is 11.8 Å². The monoisotopic (exact) mass is 228 g/mol. The highest BCUT2D eigenvalue weighted by Gasteiger charge is 2.02. The predicted molar refractivity (Wildman–Crippen MR) is 64.8 cm³/mol. The molecule has 0 aromatic heterocycles. The first kappa shape index (κ1) is 14.9. The van der Waals surface area contributed by atoms with E-state index in [2.05, 4.69) is 0 Å². The van der Waals surface area contributed by atoms with E-state index in [1.807, 2.05) is 0 Å². The number of nitrogens with two attached hydrogens (primary N) is 1. The SMILES string of the molecule is CN(C)C(=O)CCCCCCCCC(N)=O. The van der Waals surface area contributed by atoms with Gasteiger partial charge in [-0.15, -0.1) is 0 Å². The Labute approximate surface area is 98.2 Å². The summed E-state index contributed by atoms with van der Waals surface area (Å²) in [5.74, 6) is -0.00897. The van der Waals surface area contributed by atoms with Gasteiger partial charge in [-0.1, -0.05) is 25.7 Å². The summed E-state index contributed by atoms with van der Waals surface area (Å²) in [6.45, 7) is 0. The molecule has 0 radical (unpaired) electrons. The van der Waals surface area contributed by atoms with Gasteiger partial charge >= 0.3 is 0 Å². The van der Waals surface area contributed by atoms with E-state index in [9.17, 15) is 9.59 Å². The number of nitrogens with zero attached hydrogens (tertiary/aromatic N) is 1. The smallest absolute Gasteiger partial charge is 0.222 e. The molecule has 0 aromatic rings. The summed E-state index contributed by atoms with van der Waals surface area (Å²) in [4.78, 5) is 23.3. The topological polar surface area (TPSA) is 63.4 Å². The Hall–Kier alpha value is -1.06. The molecule has 0 atom stereocenters. The van der Waals surface area contributed by atoms with Crippen molar-refractivity contribution in [1.82, 2.24) is 4.90 Å². The van der Waals surface area contributed by atoms with Crippen molar-refractivity contribution in [2.24, 2.45) is 5.73 Å². The van der Waals surface area contributed by atoms with Gasteiger partial charge in [-0.2, -0.15) is 0 Å². The molecule has 4 nitrogen and oxygen atoms in total. The van der Waals surface area contributed by atoms with E-state index >= 15 is 0 Å². The third kappa shape index (κ3) is 9.49. The van der Waals surface area contributed by atoms with Crippen LogP contribution in [0.2, 0.25) is 0 Å². The standard InChI is InChI=1S/C12H24N2O2/c1-14(2)12(16)10-8-6-4-3-5-7-9-11(13)15/h3-10H2,1-2H3,(H2,13,15). The van der Waals surface area contributed by atoms with Crippen LogP contribution in [-0.2, 0) is 9.59 Å². The van der Waals surface area contributed by atoms with Crippen LogP contribution in [0, 0.1) is 0 Å². The minimum Gasteiger partial charge on any atom is -0.370 e. The Morgan fingerprint density at radius 2 is 1.31 bits per heavy atom. The fraction of sp³-hybridized carbons (Fsp3) is 0.833. The number of hydrogen-bond donors (Lipinski definition) is 1. The summed E-state index contributed by atoms with van der Waals surface area (Å²) >= 11 is 0. The van der Waals surface area contributed by atoms with E-state index < -0.39 is 0 Å². The van der Waals surface area contributed by atoms with E-state index in [1.165, 1.54) is 0 Å². The molecular weight excluding hydrogens is 204 g/mol. The molecule has 94 valence electrons.